The first-order valence-corrected chi connectivity index (χ1v) is 8.64. The summed E-state index contributed by atoms with van der Waals surface area (Å²) in [6.07, 6.45) is 4.27. The highest BCUT2D eigenvalue weighted by Crippen LogP contribution is 2.43. The molecule has 0 unspecified atom stereocenters. The highest BCUT2D eigenvalue weighted by atomic mass is 35.5. The standard InChI is InChI=1S/C18H22ClNO3/c1-4-23-17(22)14-15(19)13-11(8-18(2,3)9-12(13)21)20-16(14)10-6-5-7-10/h10H,4-9H2,1-3H3. The fraction of sp³-hybridized carbons (Fsp3) is 0.611. The molecule has 1 aromatic heterocycles. The molecule has 1 aromatic rings. The Morgan fingerprint density at radius 1 is 1.35 bits per heavy atom. The smallest absolute Gasteiger partial charge is 0.341 e. The molecule has 0 atom stereocenters. The van der Waals surface area contributed by atoms with Crippen LogP contribution in [0.1, 0.15) is 84.5 Å². The molecule has 0 aliphatic heterocycles. The number of esters is 1. The molecule has 1 fully saturated rings. The highest BCUT2D eigenvalue weighted by molar-refractivity contribution is 6.37. The van der Waals surface area contributed by atoms with Gasteiger partial charge in [-0.3, -0.25) is 9.78 Å². The lowest BCUT2D eigenvalue weighted by Gasteiger charge is -2.33. The molecule has 124 valence electrons. The maximum Gasteiger partial charge on any atom is 0.341 e. The van der Waals surface area contributed by atoms with E-state index in [1.807, 2.05) is 0 Å². The van der Waals surface area contributed by atoms with Gasteiger partial charge >= 0.3 is 5.97 Å². The molecule has 3 rings (SSSR count). The average molecular weight is 336 g/mol. The minimum atomic E-state index is -0.465. The number of hydrogen-bond acceptors (Lipinski definition) is 4. The van der Waals surface area contributed by atoms with E-state index < -0.39 is 5.97 Å². The second-order valence-corrected chi connectivity index (χ2v) is 7.67. The fourth-order valence-electron chi connectivity index (χ4n) is 3.45. The van der Waals surface area contributed by atoms with Crippen LogP contribution in [0.25, 0.3) is 0 Å². The monoisotopic (exact) mass is 335 g/mol. The van der Waals surface area contributed by atoms with E-state index in [1.165, 1.54) is 0 Å². The van der Waals surface area contributed by atoms with Gasteiger partial charge in [0.15, 0.2) is 5.78 Å². The Labute approximate surface area is 141 Å². The first-order valence-electron chi connectivity index (χ1n) is 8.26. The Morgan fingerprint density at radius 2 is 2.04 bits per heavy atom. The van der Waals surface area contributed by atoms with Crippen molar-refractivity contribution >= 4 is 23.4 Å². The molecule has 0 amide bonds. The largest absolute Gasteiger partial charge is 0.462 e. The van der Waals surface area contributed by atoms with Gasteiger partial charge in [-0.1, -0.05) is 31.9 Å². The molecule has 23 heavy (non-hydrogen) atoms. The molecular formula is C18H22ClNO3. The van der Waals surface area contributed by atoms with Crippen LogP contribution in [-0.2, 0) is 11.2 Å². The lowest BCUT2D eigenvalue weighted by Crippen LogP contribution is -2.30. The molecule has 5 heteroatoms. The number of Topliss-reactive ketones (excluding diaryl/α,β-unsaturated/α-hetero) is 1. The molecule has 0 spiro atoms. The van der Waals surface area contributed by atoms with Gasteiger partial charge in [0.05, 0.1) is 28.6 Å². The van der Waals surface area contributed by atoms with E-state index in [-0.39, 0.29) is 28.7 Å². The number of pyridine rings is 1. The topological polar surface area (TPSA) is 56.3 Å². The summed E-state index contributed by atoms with van der Waals surface area (Å²) in [6.45, 7) is 6.16. The SMILES string of the molecule is CCOC(=O)c1c(C2CCC2)nc2c(c1Cl)C(=O)CC(C)(C)C2. The maximum absolute atomic E-state index is 12.5. The van der Waals surface area contributed by atoms with Crippen molar-refractivity contribution in [2.24, 2.45) is 5.41 Å². The van der Waals surface area contributed by atoms with Crippen molar-refractivity contribution in [1.29, 1.82) is 0 Å². The average Bonchev–Trinajstić information content (AvgIpc) is 2.34. The van der Waals surface area contributed by atoms with Crippen LogP contribution >= 0.6 is 11.6 Å². The Kier molecular flexibility index (Phi) is 4.21. The van der Waals surface area contributed by atoms with Gasteiger partial charge in [-0.2, -0.15) is 0 Å². The summed E-state index contributed by atoms with van der Waals surface area (Å²) in [5.74, 6) is -0.246. The van der Waals surface area contributed by atoms with Crippen LogP contribution in [0.2, 0.25) is 5.02 Å². The minimum absolute atomic E-state index is 0.0283. The maximum atomic E-state index is 12.5. The summed E-state index contributed by atoms with van der Waals surface area (Å²) >= 11 is 6.51. The fourth-order valence-corrected chi connectivity index (χ4v) is 3.83. The number of fused-ring (bicyclic) bond motifs is 1. The van der Waals surface area contributed by atoms with Crippen molar-refractivity contribution in [3.8, 4) is 0 Å². The lowest BCUT2D eigenvalue weighted by molar-refractivity contribution is 0.0523. The van der Waals surface area contributed by atoms with Crippen LogP contribution in [0.5, 0.6) is 0 Å². The number of nitrogens with zero attached hydrogens (tertiary/aromatic N) is 1. The minimum Gasteiger partial charge on any atom is -0.462 e. The Morgan fingerprint density at radius 3 is 2.61 bits per heavy atom. The molecule has 0 N–H and O–H groups in total. The summed E-state index contributed by atoms with van der Waals surface area (Å²) < 4.78 is 5.16. The van der Waals surface area contributed by atoms with E-state index in [2.05, 4.69) is 13.8 Å². The third-order valence-corrected chi connectivity index (χ3v) is 5.15. The van der Waals surface area contributed by atoms with Crippen LogP contribution in [0.15, 0.2) is 0 Å². The van der Waals surface area contributed by atoms with Crippen LogP contribution in [0.3, 0.4) is 0 Å². The normalized spacial score (nSPS) is 19.9. The molecule has 0 saturated heterocycles. The quantitative estimate of drug-likeness (QED) is 0.771. The van der Waals surface area contributed by atoms with Gasteiger partial charge < -0.3 is 4.74 Å². The van der Waals surface area contributed by atoms with E-state index in [9.17, 15) is 9.59 Å². The van der Waals surface area contributed by atoms with Gasteiger partial charge in [-0.15, -0.1) is 0 Å². The molecule has 4 nitrogen and oxygen atoms in total. The van der Waals surface area contributed by atoms with Crippen molar-refractivity contribution in [1.82, 2.24) is 4.98 Å². The number of rotatable bonds is 3. The predicted molar refractivity (Wildman–Crippen MR) is 88.2 cm³/mol. The zero-order valence-corrected chi connectivity index (χ0v) is 14.6. The van der Waals surface area contributed by atoms with Crippen molar-refractivity contribution < 1.29 is 14.3 Å². The zero-order chi connectivity index (χ0) is 16.8. The number of carbonyl (C=O) groups excluding carboxylic acids is 2. The van der Waals surface area contributed by atoms with Crippen LogP contribution < -0.4 is 0 Å². The zero-order valence-electron chi connectivity index (χ0n) is 13.9. The van der Waals surface area contributed by atoms with Gasteiger partial charge in [0.25, 0.3) is 0 Å². The molecule has 0 radical (unpaired) electrons. The molecule has 2 aliphatic rings. The molecule has 1 saturated carbocycles. The van der Waals surface area contributed by atoms with Crippen molar-refractivity contribution in [2.45, 2.75) is 58.8 Å². The third kappa shape index (κ3) is 2.89. The number of ether oxygens (including phenoxy) is 1. The first-order chi connectivity index (χ1) is 10.8. The molecule has 1 heterocycles. The van der Waals surface area contributed by atoms with Crippen molar-refractivity contribution in [3.63, 3.8) is 0 Å². The first kappa shape index (κ1) is 16.4. The van der Waals surface area contributed by atoms with E-state index in [0.717, 1.165) is 30.7 Å². The summed E-state index contributed by atoms with van der Waals surface area (Å²) in [7, 11) is 0. The van der Waals surface area contributed by atoms with Crippen LogP contribution in [-0.4, -0.2) is 23.3 Å². The van der Waals surface area contributed by atoms with Crippen molar-refractivity contribution in [2.75, 3.05) is 6.61 Å². The Bertz CT molecular complexity index is 677. The van der Waals surface area contributed by atoms with E-state index >= 15 is 0 Å². The molecule has 0 aromatic carbocycles. The summed E-state index contributed by atoms with van der Waals surface area (Å²) in [4.78, 5) is 29.7. The molecule has 0 bridgehead atoms. The second-order valence-electron chi connectivity index (χ2n) is 7.30. The van der Waals surface area contributed by atoms with Crippen LogP contribution in [0, 0.1) is 5.41 Å². The number of hydrogen-bond donors (Lipinski definition) is 0. The summed E-state index contributed by atoms with van der Waals surface area (Å²) in [5, 5.41) is 0.246. The second kappa shape index (κ2) is 5.90. The van der Waals surface area contributed by atoms with E-state index in [0.29, 0.717) is 24.0 Å². The number of aromatic nitrogens is 1. The molecule has 2 aliphatic carbocycles. The summed E-state index contributed by atoms with van der Waals surface area (Å²) in [6, 6.07) is 0. The molecular weight excluding hydrogens is 314 g/mol. The Hall–Kier alpha value is -1.42. The van der Waals surface area contributed by atoms with Gasteiger partial charge in [-0.05, 0) is 31.6 Å². The summed E-state index contributed by atoms with van der Waals surface area (Å²) in [5.41, 5.74) is 2.08. The number of ketones is 1. The van der Waals surface area contributed by atoms with Crippen molar-refractivity contribution in [3.05, 3.63) is 27.5 Å². The number of halogens is 1. The number of carbonyl (C=O) groups is 2. The van der Waals surface area contributed by atoms with Gasteiger partial charge in [0.2, 0.25) is 0 Å². The van der Waals surface area contributed by atoms with Gasteiger partial charge in [0.1, 0.15) is 5.56 Å². The highest BCUT2D eigenvalue weighted by Gasteiger charge is 2.38. The van der Waals surface area contributed by atoms with Crippen LogP contribution in [0.4, 0.5) is 0 Å². The van der Waals surface area contributed by atoms with Gasteiger partial charge in [0, 0.05) is 12.3 Å². The van der Waals surface area contributed by atoms with E-state index in [1.54, 1.807) is 6.92 Å². The Balaban J connectivity index is 2.17. The van der Waals surface area contributed by atoms with Gasteiger partial charge in [-0.25, -0.2) is 4.79 Å². The van der Waals surface area contributed by atoms with E-state index in [4.69, 9.17) is 21.3 Å². The third-order valence-electron chi connectivity index (χ3n) is 4.77. The predicted octanol–water partition coefficient (Wildman–Crippen LogP) is 4.33. The lowest BCUT2D eigenvalue weighted by atomic mass is 9.74.